The van der Waals surface area contributed by atoms with Gasteiger partial charge in [0.15, 0.2) is 11.5 Å². The van der Waals surface area contributed by atoms with Gasteiger partial charge in [-0.2, -0.15) is 0 Å². The van der Waals surface area contributed by atoms with E-state index in [0.29, 0.717) is 34.6 Å². The van der Waals surface area contributed by atoms with Crippen LogP contribution in [0.15, 0.2) is 47.4 Å². The molecule has 1 fully saturated rings. The molecule has 1 saturated heterocycles. The van der Waals surface area contributed by atoms with E-state index in [1.54, 1.807) is 25.3 Å². The van der Waals surface area contributed by atoms with Gasteiger partial charge in [-0.1, -0.05) is 36.7 Å². The second kappa shape index (κ2) is 9.17. The summed E-state index contributed by atoms with van der Waals surface area (Å²) < 4.78 is 11.3. The van der Waals surface area contributed by atoms with E-state index >= 15 is 0 Å². The molecule has 1 aliphatic heterocycles. The number of thioether (sulfide) groups is 1. The Bertz CT molecular complexity index is 911. The molecule has 2 aromatic rings. The Hall–Kier alpha value is -2.44. The molecule has 5 nitrogen and oxygen atoms in total. The summed E-state index contributed by atoms with van der Waals surface area (Å²) in [6.07, 6.45) is 2.44. The number of rotatable bonds is 7. The van der Waals surface area contributed by atoms with Crippen LogP contribution in [0.4, 0.5) is 4.79 Å². The summed E-state index contributed by atoms with van der Waals surface area (Å²) in [6, 6.07) is 12.8. The number of carbonyl (C=O) groups is 2. The van der Waals surface area contributed by atoms with E-state index in [9.17, 15) is 9.59 Å². The van der Waals surface area contributed by atoms with Crippen molar-refractivity contribution in [1.82, 2.24) is 4.90 Å². The van der Waals surface area contributed by atoms with Gasteiger partial charge in [0, 0.05) is 11.6 Å². The maximum absolute atomic E-state index is 12.4. The molecule has 2 amide bonds. The number of methoxy groups -OCH3 is 1. The molecular formula is C21H20ClNO4S. The first kappa shape index (κ1) is 20.3. The molecule has 1 aliphatic rings. The number of halogens is 1. The van der Waals surface area contributed by atoms with E-state index in [1.807, 2.05) is 37.3 Å². The van der Waals surface area contributed by atoms with E-state index in [0.717, 1.165) is 29.3 Å². The molecule has 0 radical (unpaired) electrons. The van der Waals surface area contributed by atoms with Crippen LogP contribution in [-0.4, -0.2) is 29.7 Å². The molecule has 0 aliphatic carbocycles. The minimum atomic E-state index is -0.251. The molecule has 0 atom stereocenters. The summed E-state index contributed by atoms with van der Waals surface area (Å²) in [5, 5.41) is 0.446. The highest BCUT2D eigenvalue weighted by molar-refractivity contribution is 8.18. The molecule has 0 bridgehead atoms. The topological polar surface area (TPSA) is 55.8 Å². The first-order chi connectivity index (χ1) is 13.5. The van der Waals surface area contributed by atoms with Gasteiger partial charge < -0.3 is 9.47 Å². The molecule has 2 aromatic carbocycles. The highest BCUT2D eigenvalue weighted by Gasteiger charge is 2.34. The number of nitrogens with zero attached hydrogens (tertiary/aromatic N) is 1. The first-order valence-electron chi connectivity index (χ1n) is 8.82. The fourth-order valence-electron chi connectivity index (χ4n) is 2.70. The van der Waals surface area contributed by atoms with Crippen molar-refractivity contribution >= 4 is 40.6 Å². The molecule has 0 unspecified atom stereocenters. The van der Waals surface area contributed by atoms with E-state index in [1.165, 1.54) is 4.90 Å². The van der Waals surface area contributed by atoms with Crippen LogP contribution in [-0.2, 0) is 11.4 Å². The van der Waals surface area contributed by atoms with Crippen LogP contribution >= 0.6 is 23.4 Å². The predicted molar refractivity (Wildman–Crippen MR) is 112 cm³/mol. The van der Waals surface area contributed by atoms with Crippen LogP contribution in [0.25, 0.3) is 6.08 Å². The molecular weight excluding hydrogens is 398 g/mol. The van der Waals surface area contributed by atoms with Crippen molar-refractivity contribution in [3.63, 3.8) is 0 Å². The fourth-order valence-corrected chi connectivity index (χ4v) is 3.69. The number of benzene rings is 2. The molecule has 0 aromatic heterocycles. The molecule has 3 rings (SSSR count). The monoisotopic (exact) mass is 417 g/mol. The lowest BCUT2D eigenvalue weighted by atomic mass is 10.1. The van der Waals surface area contributed by atoms with Gasteiger partial charge >= 0.3 is 0 Å². The van der Waals surface area contributed by atoms with Crippen molar-refractivity contribution < 1.29 is 19.1 Å². The molecule has 28 heavy (non-hydrogen) atoms. The van der Waals surface area contributed by atoms with Gasteiger partial charge in [0.2, 0.25) is 0 Å². The Balaban J connectivity index is 1.75. The lowest BCUT2D eigenvalue weighted by molar-refractivity contribution is -0.122. The summed E-state index contributed by atoms with van der Waals surface area (Å²) in [6.45, 7) is 2.74. The number of hydrogen-bond acceptors (Lipinski definition) is 5. The normalized spacial score (nSPS) is 15.4. The van der Waals surface area contributed by atoms with Gasteiger partial charge in [0.05, 0.1) is 12.0 Å². The molecule has 1 heterocycles. The molecule has 7 heteroatoms. The fraction of sp³-hybridized carbons (Fsp3) is 0.238. The Morgan fingerprint density at radius 3 is 2.54 bits per heavy atom. The maximum Gasteiger partial charge on any atom is 0.293 e. The van der Waals surface area contributed by atoms with E-state index in [4.69, 9.17) is 21.1 Å². The van der Waals surface area contributed by atoms with Crippen LogP contribution in [0.2, 0.25) is 5.02 Å². The van der Waals surface area contributed by atoms with Gasteiger partial charge in [-0.05, 0) is 59.7 Å². The SMILES string of the molecule is CCCN1C(=O)S/C(=C\c2ccc(OCc3ccc(Cl)cc3)c(OC)c2)C1=O. The Labute approximate surface area is 173 Å². The van der Waals surface area contributed by atoms with E-state index in [-0.39, 0.29) is 11.1 Å². The molecule has 0 saturated carbocycles. The standard InChI is InChI=1S/C21H20ClNO4S/c1-3-10-23-20(24)19(28-21(23)25)12-15-6-9-17(18(11-15)26-2)27-13-14-4-7-16(22)8-5-14/h4-9,11-12H,3,10,13H2,1-2H3/b19-12-. The van der Waals surface area contributed by atoms with Crippen LogP contribution in [0.1, 0.15) is 24.5 Å². The zero-order valence-electron chi connectivity index (χ0n) is 15.6. The first-order valence-corrected chi connectivity index (χ1v) is 10.0. The van der Waals surface area contributed by atoms with Crippen LogP contribution < -0.4 is 9.47 Å². The van der Waals surface area contributed by atoms with Crippen molar-refractivity contribution in [2.24, 2.45) is 0 Å². The van der Waals surface area contributed by atoms with Crippen LogP contribution in [0, 0.1) is 0 Å². The number of imide groups is 1. The van der Waals surface area contributed by atoms with Gasteiger partial charge in [-0.3, -0.25) is 14.5 Å². The third-order valence-electron chi connectivity index (χ3n) is 4.11. The Kier molecular flexibility index (Phi) is 6.65. The minimum Gasteiger partial charge on any atom is -0.493 e. The average molecular weight is 418 g/mol. The highest BCUT2D eigenvalue weighted by atomic mass is 35.5. The van der Waals surface area contributed by atoms with Crippen molar-refractivity contribution in [2.75, 3.05) is 13.7 Å². The number of hydrogen-bond donors (Lipinski definition) is 0. The lowest BCUT2D eigenvalue weighted by Crippen LogP contribution is -2.28. The summed E-state index contributed by atoms with van der Waals surface area (Å²) >= 11 is 6.85. The molecule has 0 spiro atoms. The van der Waals surface area contributed by atoms with E-state index in [2.05, 4.69) is 0 Å². The quantitative estimate of drug-likeness (QED) is 0.566. The number of amides is 2. The molecule has 0 N–H and O–H groups in total. The van der Waals surface area contributed by atoms with Gasteiger partial charge in [0.25, 0.3) is 11.1 Å². The smallest absolute Gasteiger partial charge is 0.293 e. The van der Waals surface area contributed by atoms with Crippen molar-refractivity contribution in [2.45, 2.75) is 20.0 Å². The van der Waals surface area contributed by atoms with Gasteiger partial charge in [0.1, 0.15) is 6.61 Å². The Morgan fingerprint density at radius 1 is 1.11 bits per heavy atom. The van der Waals surface area contributed by atoms with Crippen LogP contribution in [0.3, 0.4) is 0 Å². The third-order valence-corrected chi connectivity index (χ3v) is 5.27. The van der Waals surface area contributed by atoms with Crippen LogP contribution in [0.5, 0.6) is 11.5 Å². The lowest BCUT2D eigenvalue weighted by Gasteiger charge is -2.12. The van der Waals surface area contributed by atoms with Gasteiger partial charge in [-0.25, -0.2) is 0 Å². The minimum absolute atomic E-state index is 0.229. The average Bonchev–Trinajstić information content (AvgIpc) is 2.96. The zero-order valence-corrected chi connectivity index (χ0v) is 17.2. The third kappa shape index (κ3) is 4.69. The summed E-state index contributed by atoms with van der Waals surface area (Å²) in [5.41, 5.74) is 1.75. The van der Waals surface area contributed by atoms with Crippen molar-refractivity contribution in [1.29, 1.82) is 0 Å². The maximum atomic E-state index is 12.4. The van der Waals surface area contributed by atoms with E-state index < -0.39 is 0 Å². The van der Waals surface area contributed by atoms with Crippen molar-refractivity contribution in [3.8, 4) is 11.5 Å². The predicted octanol–water partition coefficient (Wildman–Crippen LogP) is 5.37. The van der Waals surface area contributed by atoms with Gasteiger partial charge in [-0.15, -0.1) is 0 Å². The number of carbonyl (C=O) groups excluding carboxylic acids is 2. The number of ether oxygens (including phenoxy) is 2. The second-order valence-corrected chi connectivity index (χ2v) is 7.59. The highest BCUT2D eigenvalue weighted by Crippen LogP contribution is 2.34. The summed E-state index contributed by atoms with van der Waals surface area (Å²) in [4.78, 5) is 26.0. The summed E-state index contributed by atoms with van der Waals surface area (Å²) in [7, 11) is 1.56. The molecule has 146 valence electrons. The second-order valence-electron chi connectivity index (χ2n) is 6.16. The zero-order chi connectivity index (χ0) is 20.1. The Morgan fingerprint density at radius 2 is 1.86 bits per heavy atom. The van der Waals surface area contributed by atoms with Crippen molar-refractivity contribution in [3.05, 3.63) is 63.5 Å². The largest absolute Gasteiger partial charge is 0.493 e. The summed E-state index contributed by atoms with van der Waals surface area (Å²) in [5.74, 6) is 0.892.